The molecule has 1 rings (SSSR count). The van der Waals surface area contributed by atoms with Crippen molar-refractivity contribution in [3.63, 3.8) is 0 Å². The summed E-state index contributed by atoms with van der Waals surface area (Å²) >= 11 is 0. The molecule has 3 atom stereocenters. The number of hydrogen-bond donors (Lipinski definition) is 3. The lowest BCUT2D eigenvalue weighted by Gasteiger charge is -2.35. The van der Waals surface area contributed by atoms with Crippen LogP contribution in [-0.2, 0) is 0 Å². The fraction of sp³-hybridized carbons (Fsp3) is 1.00. The molecule has 1 saturated carbocycles. The van der Waals surface area contributed by atoms with Crippen molar-refractivity contribution in [3.05, 3.63) is 0 Å². The van der Waals surface area contributed by atoms with Crippen LogP contribution < -0.4 is 5.32 Å². The molecule has 1 aliphatic rings. The first-order valence-corrected chi connectivity index (χ1v) is 3.79. The van der Waals surface area contributed by atoms with E-state index in [9.17, 15) is 0 Å². The minimum Gasteiger partial charge on any atom is -0.395 e. The van der Waals surface area contributed by atoms with E-state index in [-0.39, 0.29) is 24.8 Å². The molecule has 1 aliphatic carbocycles. The Kier molecular flexibility index (Phi) is 2.65. The summed E-state index contributed by atoms with van der Waals surface area (Å²) in [5, 5.41) is 20.9. The summed E-state index contributed by atoms with van der Waals surface area (Å²) in [6, 6.07) is 0.335. The van der Waals surface area contributed by atoms with Crippen LogP contribution in [0.3, 0.4) is 0 Å². The van der Waals surface area contributed by atoms with Crippen molar-refractivity contribution in [1.82, 2.24) is 5.32 Å². The molecule has 0 amide bonds. The molecule has 1 unspecified atom stereocenters. The van der Waals surface area contributed by atoms with Gasteiger partial charge in [0.25, 0.3) is 0 Å². The Morgan fingerprint density at radius 2 is 2.30 bits per heavy atom. The molecule has 10 heavy (non-hydrogen) atoms. The van der Waals surface area contributed by atoms with Crippen LogP contribution in [0.15, 0.2) is 0 Å². The molecule has 3 N–H and O–H groups in total. The molecule has 0 saturated heterocycles. The summed E-state index contributed by atoms with van der Waals surface area (Å²) in [5.41, 5.74) is 0. The molecule has 3 heteroatoms. The average Bonchev–Trinajstić information content (AvgIpc) is 1.96. The van der Waals surface area contributed by atoms with Gasteiger partial charge in [-0.1, -0.05) is 0 Å². The number of nitrogens with one attached hydrogen (secondary N) is 1. The van der Waals surface area contributed by atoms with Crippen LogP contribution in [0.4, 0.5) is 0 Å². The van der Waals surface area contributed by atoms with Crippen molar-refractivity contribution in [2.24, 2.45) is 0 Å². The first-order chi connectivity index (χ1) is 4.74. The monoisotopic (exact) mass is 145 g/mol. The highest BCUT2D eigenvalue weighted by molar-refractivity contribution is 4.87. The third-order valence-corrected chi connectivity index (χ3v) is 2.01. The quantitative estimate of drug-likeness (QED) is 0.501. The van der Waals surface area contributed by atoms with Crippen LogP contribution in [-0.4, -0.2) is 35.0 Å². The van der Waals surface area contributed by atoms with Gasteiger partial charge in [0, 0.05) is 12.1 Å². The van der Waals surface area contributed by atoms with Crippen molar-refractivity contribution >= 4 is 0 Å². The third kappa shape index (κ3) is 1.68. The van der Waals surface area contributed by atoms with E-state index in [1.165, 1.54) is 0 Å². The lowest BCUT2D eigenvalue weighted by Crippen LogP contribution is -2.51. The summed E-state index contributed by atoms with van der Waals surface area (Å²) < 4.78 is 0. The number of rotatable bonds is 3. The molecule has 0 bridgehead atoms. The van der Waals surface area contributed by atoms with Gasteiger partial charge in [-0.05, 0) is 19.8 Å². The third-order valence-electron chi connectivity index (χ3n) is 2.01. The standard InChI is InChI=1S/C7H15NO2/c1-5(4-9)8-6-2-3-7(6)10/h5-10H,2-4H2,1H3/t5?,6-,7-/m1/s1. The Morgan fingerprint density at radius 1 is 1.60 bits per heavy atom. The van der Waals surface area contributed by atoms with Crippen LogP contribution in [0, 0.1) is 0 Å². The van der Waals surface area contributed by atoms with E-state index in [2.05, 4.69) is 5.32 Å². The van der Waals surface area contributed by atoms with Crippen molar-refractivity contribution in [1.29, 1.82) is 0 Å². The highest BCUT2D eigenvalue weighted by Crippen LogP contribution is 2.19. The van der Waals surface area contributed by atoms with E-state index in [0.29, 0.717) is 0 Å². The zero-order valence-corrected chi connectivity index (χ0v) is 6.25. The van der Waals surface area contributed by atoms with Crippen LogP contribution >= 0.6 is 0 Å². The second-order valence-electron chi connectivity index (χ2n) is 3.00. The zero-order chi connectivity index (χ0) is 7.56. The summed E-state index contributed by atoms with van der Waals surface area (Å²) in [6.45, 7) is 2.05. The largest absolute Gasteiger partial charge is 0.395 e. The molecule has 1 fully saturated rings. The first-order valence-electron chi connectivity index (χ1n) is 3.79. The van der Waals surface area contributed by atoms with Gasteiger partial charge in [0.2, 0.25) is 0 Å². The zero-order valence-electron chi connectivity index (χ0n) is 6.25. The maximum atomic E-state index is 9.11. The Balaban J connectivity index is 2.12. The molecule has 0 aromatic heterocycles. The van der Waals surface area contributed by atoms with Gasteiger partial charge in [0.05, 0.1) is 12.7 Å². The summed E-state index contributed by atoms with van der Waals surface area (Å²) in [6.07, 6.45) is 1.75. The number of aliphatic hydroxyl groups excluding tert-OH is 2. The van der Waals surface area contributed by atoms with E-state index >= 15 is 0 Å². The smallest absolute Gasteiger partial charge is 0.0693 e. The lowest BCUT2D eigenvalue weighted by atomic mass is 9.89. The highest BCUT2D eigenvalue weighted by Gasteiger charge is 2.29. The summed E-state index contributed by atoms with van der Waals surface area (Å²) in [4.78, 5) is 0. The minimum atomic E-state index is -0.186. The SMILES string of the molecule is CC(CO)N[C@@H]1CC[C@H]1O. The maximum absolute atomic E-state index is 9.11. The van der Waals surface area contributed by atoms with E-state index in [4.69, 9.17) is 10.2 Å². The summed E-state index contributed by atoms with van der Waals surface area (Å²) in [5.74, 6) is 0. The van der Waals surface area contributed by atoms with Gasteiger partial charge in [0.1, 0.15) is 0 Å². The van der Waals surface area contributed by atoms with Crippen LogP contribution in [0.5, 0.6) is 0 Å². The molecule has 0 heterocycles. The van der Waals surface area contributed by atoms with Gasteiger partial charge in [-0.2, -0.15) is 0 Å². The Bertz CT molecular complexity index is 108. The lowest BCUT2D eigenvalue weighted by molar-refractivity contribution is 0.0406. The van der Waals surface area contributed by atoms with Crippen molar-refractivity contribution in [2.45, 2.75) is 38.0 Å². The molecular formula is C7H15NO2. The molecule has 0 spiro atoms. The van der Waals surface area contributed by atoms with Crippen molar-refractivity contribution < 1.29 is 10.2 Å². The van der Waals surface area contributed by atoms with Gasteiger partial charge in [-0.15, -0.1) is 0 Å². The van der Waals surface area contributed by atoms with Gasteiger partial charge in [-0.3, -0.25) is 0 Å². The predicted molar refractivity (Wildman–Crippen MR) is 38.7 cm³/mol. The Hall–Kier alpha value is -0.120. The number of aliphatic hydroxyl groups is 2. The molecule has 0 aromatic carbocycles. The van der Waals surface area contributed by atoms with Gasteiger partial charge in [-0.25, -0.2) is 0 Å². The van der Waals surface area contributed by atoms with Gasteiger partial charge >= 0.3 is 0 Å². The highest BCUT2D eigenvalue weighted by atomic mass is 16.3. The van der Waals surface area contributed by atoms with E-state index < -0.39 is 0 Å². The van der Waals surface area contributed by atoms with Crippen molar-refractivity contribution in [3.8, 4) is 0 Å². The topological polar surface area (TPSA) is 52.5 Å². The molecule has 0 radical (unpaired) electrons. The van der Waals surface area contributed by atoms with E-state index in [0.717, 1.165) is 12.8 Å². The molecule has 3 nitrogen and oxygen atoms in total. The first kappa shape index (κ1) is 7.98. The normalized spacial score (nSPS) is 35.1. The number of hydrogen-bond acceptors (Lipinski definition) is 3. The predicted octanol–water partition coefficient (Wildman–Crippen LogP) is -0.520. The second kappa shape index (κ2) is 3.32. The average molecular weight is 145 g/mol. The minimum absolute atomic E-state index is 0.111. The van der Waals surface area contributed by atoms with Crippen LogP contribution in [0.25, 0.3) is 0 Å². The van der Waals surface area contributed by atoms with Crippen LogP contribution in [0.2, 0.25) is 0 Å². The Labute approximate surface area is 61.1 Å². The maximum Gasteiger partial charge on any atom is 0.0693 e. The second-order valence-corrected chi connectivity index (χ2v) is 3.00. The molecule has 0 aliphatic heterocycles. The van der Waals surface area contributed by atoms with Gasteiger partial charge < -0.3 is 15.5 Å². The van der Waals surface area contributed by atoms with Gasteiger partial charge in [0.15, 0.2) is 0 Å². The molecule has 60 valence electrons. The van der Waals surface area contributed by atoms with Crippen LogP contribution in [0.1, 0.15) is 19.8 Å². The van der Waals surface area contributed by atoms with E-state index in [1.807, 2.05) is 6.92 Å². The summed E-state index contributed by atoms with van der Waals surface area (Å²) in [7, 11) is 0. The van der Waals surface area contributed by atoms with Crippen molar-refractivity contribution in [2.75, 3.05) is 6.61 Å². The fourth-order valence-electron chi connectivity index (χ4n) is 1.09. The fourth-order valence-corrected chi connectivity index (χ4v) is 1.09. The Morgan fingerprint density at radius 3 is 2.60 bits per heavy atom. The molecule has 0 aromatic rings. The molecular weight excluding hydrogens is 130 g/mol. The van der Waals surface area contributed by atoms with E-state index in [1.54, 1.807) is 0 Å².